The number of para-hydroxylation sites is 1. The lowest BCUT2D eigenvalue weighted by Crippen LogP contribution is -2.70. The van der Waals surface area contributed by atoms with Gasteiger partial charge in [0.05, 0.1) is 30.2 Å². The maximum Gasteiger partial charge on any atom is 0.365 e. The van der Waals surface area contributed by atoms with Crippen LogP contribution in [0.4, 0.5) is 0 Å². The first kappa shape index (κ1) is 24.8. The Labute approximate surface area is 186 Å². The second-order valence-corrected chi connectivity index (χ2v) is 7.94. The molecule has 1 aliphatic rings. The molecule has 0 radical (unpaired) electrons. The van der Waals surface area contributed by atoms with Gasteiger partial charge in [-0.15, -0.1) is 0 Å². The third kappa shape index (κ3) is 4.24. The van der Waals surface area contributed by atoms with Gasteiger partial charge in [0.1, 0.15) is 23.9 Å². The number of aliphatic hydroxyl groups excluding tert-OH is 4. The van der Waals surface area contributed by atoms with Gasteiger partial charge in [-0.1, -0.05) is 18.2 Å². The molecular formula is C21H25NO11. The second-order valence-electron chi connectivity index (χ2n) is 7.94. The number of hydrogen-bond donors (Lipinski definition) is 7. The number of carboxylic acid groups (broad SMARTS) is 1. The molecule has 1 aromatic carbocycles. The summed E-state index contributed by atoms with van der Waals surface area (Å²) in [4.78, 5) is 36.8. The first-order chi connectivity index (χ1) is 15.4. The Morgan fingerprint density at radius 1 is 1.24 bits per heavy atom. The molecule has 2 aromatic rings. The van der Waals surface area contributed by atoms with Gasteiger partial charge >= 0.3 is 11.6 Å². The van der Waals surface area contributed by atoms with Crippen LogP contribution in [0.1, 0.15) is 24.0 Å². The number of aliphatic hydroxyl groups is 5. The largest absolute Gasteiger partial charge is 0.477 e. The van der Waals surface area contributed by atoms with Crippen LogP contribution in [0.5, 0.6) is 0 Å². The number of benzene rings is 1. The van der Waals surface area contributed by atoms with Gasteiger partial charge in [-0.2, -0.15) is 0 Å². The molecule has 7 N–H and O–H groups in total. The number of hydrogen-bond acceptors (Lipinski definition) is 10. The standard InChI is InChI=1S/C21H25NO11/c1-8-10-5-3-4-6-12(10)32-19(28)13(8)14-17(27)15(22-9(2)24)18(16(26)11(25)7-23)33-21(14,31)20(29)30/h3-6,11,14-18,23,25-27,31H,7H2,1-2H3,(H,22,24)(H,29,30)/t11-,14?,15-,16-,17+,18-,21?/m1/s1. The zero-order valence-electron chi connectivity index (χ0n) is 17.7. The fourth-order valence-electron chi connectivity index (χ4n) is 4.23. The molecule has 0 saturated carbocycles. The van der Waals surface area contributed by atoms with E-state index >= 15 is 0 Å². The predicted octanol–water partition coefficient (Wildman–Crippen LogP) is -2.06. The van der Waals surface area contributed by atoms with E-state index < -0.39 is 71.8 Å². The van der Waals surface area contributed by atoms with E-state index in [-0.39, 0.29) is 11.1 Å². The van der Waals surface area contributed by atoms with Crippen LogP contribution in [-0.4, -0.2) is 85.4 Å². The molecule has 0 aliphatic carbocycles. The highest BCUT2D eigenvalue weighted by atomic mass is 16.7. The van der Waals surface area contributed by atoms with Crippen molar-refractivity contribution in [3.8, 4) is 0 Å². The maximum atomic E-state index is 12.9. The molecule has 0 bridgehead atoms. The smallest absolute Gasteiger partial charge is 0.365 e. The molecule has 1 saturated heterocycles. The van der Waals surface area contributed by atoms with Gasteiger partial charge in [0, 0.05) is 12.3 Å². The highest BCUT2D eigenvalue weighted by molar-refractivity contribution is 5.83. The van der Waals surface area contributed by atoms with E-state index in [9.17, 15) is 39.9 Å². The van der Waals surface area contributed by atoms with Crippen LogP contribution in [-0.2, 0) is 14.3 Å². The molecule has 0 spiro atoms. The molecule has 3 rings (SSSR count). The van der Waals surface area contributed by atoms with Gasteiger partial charge in [-0.05, 0) is 18.6 Å². The summed E-state index contributed by atoms with van der Waals surface area (Å²) in [6.45, 7) is 1.57. The van der Waals surface area contributed by atoms with Crippen LogP contribution in [0.2, 0.25) is 0 Å². The predicted molar refractivity (Wildman–Crippen MR) is 110 cm³/mol. The summed E-state index contributed by atoms with van der Waals surface area (Å²) < 4.78 is 10.5. The Morgan fingerprint density at radius 2 is 1.88 bits per heavy atom. The Bertz CT molecular complexity index is 1120. The van der Waals surface area contributed by atoms with E-state index in [1.807, 2.05) is 0 Å². The van der Waals surface area contributed by atoms with Gasteiger partial charge in [0.25, 0.3) is 5.79 Å². The number of amides is 1. The molecular weight excluding hydrogens is 442 g/mol. The highest BCUT2D eigenvalue weighted by Crippen LogP contribution is 2.42. The number of rotatable bonds is 6. The number of ether oxygens (including phenoxy) is 1. The SMILES string of the molecule is CC(=O)N[C@H]1[C@H]([C@H](O)[C@H](O)CO)OC(O)(C(=O)O)C(c2c(C)c3ccccc3oc2=O)[C@@H]1O. The van der Waals surface area contributed by atoms with Crippen LogP contribution in [0, 0.1) is 6.92 Å². The van der Waals surface area contributed by atoms with Crippen molar-refractivity contribution in [1.82, 2.24) is 5.32 Å². The van der Waals surface area contributed by atoms with Crippen molar-refractivity contribution in [2.24, 2.45) is 0 Å². The van der Waals surface area contributed by atoms with Crippen molar-refractivity contribution in [3.63, 3.8) is 0 Å². The number of nitrogens with one attached hydrogen (secondary N) is 1. The van der Waals surface area contributed by atoms with Crippen LogP contribution < -0.4 is 10.9 Å². The summed E-state index contributed by atoms with van der Waals surface area (Å²) >= 11 is 0. The lowest BCUT2D eigenvalue weighted by atomic mass is 9.75. The Kier molecular flexibility index (Phi) is 6.88. The third-order valence-electron chi connectivity index (χ3n) is 5.82. The van der Waals surface area contributed by atoms with Crippen molar-refractivity contribution in [1.29, 1.82) is 0 Å². The Hall–Kier alpha value is -2.87. The zero-order valence-corrected chi connectivity index (χ0v) is 17.7. The van der Waals surface area contributed by atoms with E-state index in [4.69, 9.17) is 14.3 Å². The molecule has 1 amide bonds. The molecule has 7 atom stereocenters. The average molecular weight is 467 g/mol. The molecule has 33 heavy (non-hydrogen) atoms. The van der Waals surface area contributed by atoms with Gasteiger partial charge in [0.15, 0.2) is 0 Å². The lowest BCUT2D eigenvalue weighted by molar-refractivity contribution is -0.305. The minimum atomic E-state index is -3.28. The minimum absolute atomic E-state index is 0.187. The topological polar surface area (TPSA) is 207 Å². The average Bonchev–Trinajstić information content (AvgIpc) is 2.76. The number of carbonyl (C=O) groups excluding carboxylic acids is 1. The fraction of sp³-hybridized carbons (Fsp3) is 0.476. The second kappa shape index (κ2) is 9.17. The van der Waals surface area contributed by atoms with Crippen molar-refractivity contribution in [2.75, 3.05) is 6.61 Å². The van der Waals surface area contributed by atoms with Gasteiger partial charge < -0.3 is 45.1 Å². The van der Waals surface area contributed by atoms with Crippen LogP contribution in [0.25, 0.3) is 11.0 Å². The molecule has 1 aliphatic heterocycles. The van der Waals surface area contributed by atoms with E-state index in [2.05, 4.69) is 5.32 Å². The Balaban J connectivity index is 2.25. The molecule has 12 nitrogen and oxygen atoms in total. The molecule has 2 heterocycles. The molecule has 180 valence electrons. The number of aliphatic carboxylic acids is 1. The quantitative estimate of drug-likeness (QED) is 0.230. The lowest BCUT2D eigenvalue weighted by Gasteiger charge is -2.49. The zero-order chi connectivity index (χ0) is 24.7. The van der Waals surface area contributed by atoms with Gasteiger partial charge in [-0.3, -0.25) is 4.79 Å². The van der Waals surface area contributed by atoms with E-state index in [1.54, 1.807) is 18.2 Å². The van der Waals surface area contributed by atoms with E-state index in [0.717, 1.165) is 6.92 Å². The van der Waals surface area contributed by atoms with Crippen molar-refractivity contribution in [2.45, 2.75) is 56.0 Å². The summed E-state index contributed by atoms with van der Waals surface area (Å²) in [5.41, 5.74) is -1.07. The first-order valence-electron chi connectivity index (χ1n) is 10.0. The molecule has 1 aromatic heterocycles. The van der Waals surface area contributed by atoms with Crippen molar-refractivity contribution < 1.29 is 49.4 Å². The van der Waals surface area contributed by atoms with Crippen LogP contribution in [0.15, 0.2) is 33.5 Å². The Morgan fingerprint density at radius 3 is 2.45 bits per heavy atom. The summed E-state index contributed by atoms with van der Waals surface area (Å²) in [7, 11) is 0. The molecule has 12 heteroatoms. The monoisotopic (exact) mass is 467 g/mol. The molecule has 2 unspecified atom stereocenters. The van der Waals surface area contributed by atoms with Crippen LogP contribution >= 0.6 is 0 Å². The van der Waals surface area contributed by atoms with Crippen molar-refractivity contribution >= 4 is 22.8 Å². The highest BCUT2D eigenvalue weighted by Gasteiger charge is 2.62. The maximum absolute atomic E-state index is 12.9. The minimum Gasteiger partial charge on any atom is -0.477 e. The van der Waals surface area contributed by atoms with Crippen LogP contribution in [0.3, 0.4) is 0 Å². The number of carboxylic acids is 1. The summed E-state index contributed by atoms with van der Waals surface area (Å²) in [5, 5.41) is 64.1. The van der Waals surface area contributed by atoms with Gasteiger partial charge in [0.2, 0.25) is 5.91 Å². The third-order valence-corrected chi connectivity index (χ3v) is 5.82. The molecule has 1 fully saturated rings. The summed E-state index contributed by atoms with van der Waals surface area (Å²) in [6, 6.07) is 4.75. The van der Waals surface area contributed by atoms with E-state index in [1.165, 1.54) is 13.0 Å². The van der Waals surface area contributed by atoms with Gasteiger partial charge in [-0.25, -0.2) is 9.59 Å². The number of fused-ring (bicyclic) bond motifs is 1. The normalized spacial score (nSPS) is 29.4. The van der Waals surface area contributed by atoms with Crippen molar-refractivity contribution in [3.05, 3.63) is 45.8 Å². The summed E-state index contributed by atoms with van der Waals surface area (Å²) in [6.07, 6.45) is -7.77. The fourth-order valence-corrected chi connectivity index (χ4v) is 4.23. The number of aryl methyl sites for hydroxylation is 1. The van der Waals surface area contributed by atoms with E-state index in [0.29, 0.717) is 5.39 Å². The first-order valence-corrected chi connectivity index (χ1v) is 10.0. The summed E-state index contributed by atoms with van der Waals surface area (Å²) in [5.74, 6) is -7.98. The number of carbonyl (C=O) groups is 2.